The fourth-order valence-corrected chi connectivity index (χ4v) is 2.08. The van der Waals surface area contributed by atoms with E-state index in [1.165, 1.54) is 12.8 Å². The molecule has 2 N–H and O–H groups in total. The summed E-state index contributed by atoms with van der Waals surface area (Å²) in [6, 6.07) is 0. The van der Waals surface area contributed by atoms with Crippen LogP contribution in [0.5, 0.6) is 0 Å². The lowest BCUT2D eigenvalue weighted by Gasteiger charge is -2.17. The molecule has 0 unspecified atom stereocenters. The van der Waals surface area contributed by atoms with Gasteiger partial charge >= 0.3 is 0 Å². The van der Waals surface area contributed by atoms with Gasteiger partial charge < -0.3 is 15.4 Å². The third-order valence-electron chi connectivity index (χ3n) is 2.60. The molecule has 0 amide bonds. The molecule has 1 aromatic rings. The maximum absolute atomic E-state index is 5.84. The van der Waals surface area contributed by atoms with E-state index in [0.29, 0.717) is 18.4 Å². The molecule has 0 aromatic carbocycles. The predicted octanol–water partition coefficient (Wildman–Crippen LogP) is 1.57. The van der Waals surface area contributed by atoms with Crippen LogP contribution in [0.1, 0.15) is 18.5 Å². The first-order valence-electron chi connectivity index (χ1n) is 5.28. The van der Waals surface area contributed by atoms with Gasteiger partial charge in [0.15, 0.2) is 0 Å². The number of halogens is 1. The Kier molecular flexibility index (Phi) is 3.60. The lowest BCUT2D eigenvalue weighted by atomic mass is 10.4. The van der Waals surface area contributed by atoms with E-state index in [1.54, 1.807) is 7.11 Å². The minimum absolute atomic E-state index is 0.439. The monoisotopic (exact) mass is 286 g/mol. The topological polar surface area (TPSA) is 64.3 Å². The van der Waals surface area contributed by atoms with Crippen molar-refractivity contribution in [3.8, 4) is 0 Å². The third kappa shape index (κ3) is 2.27. The minimum Gasteiger partial charge on any atom is -0.383 e. The maximum atomic E-state index is 5.84. The molecule has 1 fully saturated rings. The standard InChI is InChI=1S/C10H15BrN4O/c1-16-6-7-8(11)9(12)14-10(13-7)15-4-2-3-5-15/h2-6H2,1H3,(H2,12,13,14). The molecular formula is C10H15BrN4O. The summed E-state index contributed by atoms with van der Waals surface area (Å²) >= 11 is 3.38. The van der Waals surface area contributed by atoms with Gasteiger partial charge in [-0.15, -0.1) is 0 Å². The Morgan fingerprint density at radius 2 is 2.06 bits per heavy atom. The zero-order valence-corrected chi connectivity index (χ0v) is 10.8. The average molecular weight is 287 g/mol. The molecule has 0 atom stereocenters. The zero-order valence-electron chi connectivity index (χ0n) is 9.24. The number of methoxy groups -OCH3 is 1. The van der Waals surface area contributed by atoms with Crippen LogP contribution in [0.3, 0.4) is 0 Å². The van der Waals surface area contributed by atoms with Gasteiger partial charge in [-0.25, -0.2) is 4.98 Å². The number of aromatic nitrogens is 2. The van der Waals surface area contributed by atoms with Gasteiger partial charge in [0, 0.05) is 20.2 Å². The van der Waals surface area contributed by atoms with Gasteiger partial charge in [0.25, 0.3) is 0 Å². The molecule has 88 valence electrons. The molecule has 0 saturated carbocycles. The molecule has 0 spiro atoms. The first kappa shape index (κ1) is 11.6. The van der Waals surface area contributed by atoms with Crippen LogP contribution in [-0.2, 0) is 11.3 Å². The van der Waals surface area contributed by atoms with Crippen molar-refractivity contribution in [2.45, 2.75) is 19.4 Å². The van der Waals surface area contributed by atoms with Crippen LogP contribution in [0.2, 0.25) is 0 Å². The van der Waals surface area contributed by atoms with Crippen molar-refractivity contribution in [1.82, 2.24) is 9.97 Å². The maximum Gasteiger partial charge on any atom is 0.227 e. The summed E-state index contributed by atoms with van der Waals surface area (Å²) in [7, 11) is 1.64. The third-order valence-corrected chi connectivity index (χ3v) is 3.47. The van der Waals surface area contributed by atoms with Gasteiger partial charge in [-0.1, -0.05) is 0 Å². The summed E-state index contributed by atoms with van der Waals surface area (Å²) < 4.78 is 5.82. The van der Waals surface area contributed by atoms with E-state index in [2.05, 4.69) is 30.8 Å². The molecular weight excluding hydrogens is 272 g/mol. The van der Waals surface area contributed by atoms with E-state index in [9.17, 15) is 0 Å². The number of nitrogen functional groups attached to an aromatic ring is 1. The fraction of sp³-hybridized carbons (Fsp3) is 0.600. The highest BCUT2D eigenvalue weighted by Gasteiger charge is 2.18. The van der Waals surface area contributed by atoms with Crippen LogP contribution in [0.4, 0.5) is 11.8 Å². The molecule has 1 aliphatic rings. The molecule has 16 heavy (non-hydrogen) atoms. The smallest absolute Gasteiger partial charge is 0.227 e. The molecule has 6 heteroatoms. The molecule has 0 aliphatic carbocycles. The van der Waals surface area contributed by atoms with Crippen LogP contribution in [0, 0.1) is 0 Å². The van der Waals surface area contributed by atoms with Crippen LogP contribution >= 0.6 is 15.9 Å². The van der Waals surface area contributed by atoms with Crippen molar-refractivity contribution in [1.29, 1.82) is 0 Å². The minimum atomic E-state index is 0.439. The number of nitrogens with zero attached hydrogens (tertiary/aromatic N) is 3. The SMILES string of the molecule is COCc1nc(N2CCCC2)nc(N)c1Br. The summed E-state index contributed by atoms with van der Waals surface area (Å²) in [5.41, 5.74) is 6.64. The highest BCUT2D eigenvalue weighted by molar-refractivity contribution is 9.10. The van der Waals surface area contributed by atoms with E-state index in [1.807, 2.05) is 0 Å². The lowest BCUT2D eigenvalue weighted by molar-refractivity contribution is 0.181. The second-order valence-corrected chi connectivity index (χ2v) is 4.59. The largest absolute Gasteiger partial charge is 0.383 e. The molecule has 1 aliphatic heterocycles. The Labute approximate surface area is 103 Å². The predicted molar refractivity (Wildman–Crippen MR) is 66.3 cm³/mol. The quantitative estimate of drug-likeness (QED) is 0.914. The number of hydrogen-bond acceptors (Lipinski definition) is 5. The summed E-state index contributed by atoms with van der Waals surface area (Å²) in [4.78, 5) is 10.9. The summed E-state index contributed by atoms with van der Waals surface area (Å²) in [6.45, 7) is 2.45. The number of nitrogens with two attached hydrogens (primary N) is 1. The van der Waals surface area contributed by atoms with Crippen molar-refractivity contribution >= 4 is 27.7 Å². The molecule has 2 rings (SSSR count). The first-order chi connectivity index (χ1) is 7.72. The summed E-state index contributed by atoms with van der Waals surface area (Å²) in [5, 5.41) is 0. The molecule has 0 bridgehead atoms. The van der Waals surface area contributed by atoms with E-state index in [0.717, 1.165) is 23.3 Å². The van der Waals surface area contributed by atoms with Crippen LogP contribution in [-0.4, -0.2) is 30.2 Å². The van der Waals surface area contributed by atoms with Gasteiger partial charge in [0.1, 0.15) is 5.82 Å². The highest BCUT2D eigenvalue weighted by Crippen LogP contribution is 2.25. The number of ether oxygens (including phenoxy) is 1. The summed E-state index contributed by atoms with van der Waals surface area (Å²) in [5.74, 6) is 1.19. The van der Waals surface area contributed by atoms with Crippen molar-refractivity contribution in [2.75, 3.05) is 30.8 Å². The van der Waals surface area contributed by atoms with E-state index < -0.39 is 0 Å². The van der Waals surface area contributed by atoms with Crippen LogP contribution in [0.15, 0.2) is 4.47 Å². The van der Waals surface area contributed by atoms with Crippen molar-refractivity contribution in [2.24, 2.45) is 0 Å². The highest BCUT2D eigenvalue weighted by atomic mass is 79.9. The second-order valence-electron chi connectivity index (χ2n) is 3.80. The van der Waals surface area contributed by atoms with Gasteiger partial charge in [0.2, 0.25) is 5.95 Å². The lowest BCUT2D eigenvalue weighted by Crippen LogP contribution is -2.21. The Morgan fingerprint density at radius 3 is 2.69 bits per heavy atom. The molecule has 2 heterocycles. The molecule has 5 nitrogen and oxygen atoms in total. The second kappa shape index (κ2) is 4.97. The first-order valence-corrected chi connectivity index (χ1v) is 6.07. The van der Waals surface area contributed by atoms with Gasteiger partial charge in [-0.05, 0) is 28.8 Å². The Balaban J connectivity index is 2.31. The van der Waals surface area contributed by atoms with Crippen LogP contribution < -0.4 is 10.6 Å². The van der Waals surface area contributed by atoms with Crippen LogP contribution in [0.25, 0.3) is 0 Å². The molecule has 0 radical (unpaired) electrons. The fourth-order valence-electron chi connectivity index (χ4n) is 1.79. The number of hydrogen-bond donors (Lipinski definition) is 1. The van der Waals surface area contributed by atoms with Crippen molar-refractivity contribution < 1.29 is 4.74 Å². The normalized spacial score (nSPS) is 15.8. The summed E-state index contributed by atoms with van der Waals surface area (Å²) in [6.07, 6.45) is 2.39. The Hall–Kier alpha value is -0.880. The molecule has 1 saturated heterocycles. The van der Waals surface area contributed by atoms with Crippen molar-refractivity contribution in [3.63, 3.8) is 0 Å². The number of rotatable bonds is 3. The average Bonchev–Trinajstić information content (AvgIpc) is 2.78. The van der Waals surface area contributed by atoms with E-state index in [-0.39, 0.29) is 0 Å². The Morgan fingerprint density at radius 1 is 1.38 bits per heavy atom. The van der Waals surface area contributed by atoms with Gasteiger partial charge in [-0.2, -0.15) is 4.98 Å². The molecule has 1 aromatic heterocycles. The zero-order chi connectivity index (χ0) is 11.5. The number of anilines is 2. The van der Waals surface area contributed by atoms with E-state index >= 15 is 0 Å². The van der Waals surface area contributed by atoms with E-state index in [4.69, 9.17) is 10.5 Å². The van der Waals surface area contributed by atoms with Crippen molar-refractivity contribution in [3.05, 3.63) is 10.2 Å². The van der Waals surface area contributed by atoms with Gasteiger partial charge in [-0.3, -0.25) is 0 Å². The van der Waals surface area contributed by atoms with Gasteiger partial charge in [0.05, 0.1) is 16.8 Å². The Bertz CT molecular complexity index is 379.